The highest BCUT2D eigenvalue weighted by Crippen LogP contribution is 2.36. The Bertz CT molecular complexity index is 1080. The number of ether oxygens (including phenoxy) is 1. The van der Waals surface area contributed by atoms with Crippen molar-refractivity contribution in [3.63, 3.8) is 0 Å². The first-order valence-corrected chi connectivity index (χ1v) is 11.1. The van der Waals surface area contributed by atoms with Crippen LogP contribution in [-0.4, -0.2) is 50.6 Å². The quantitative estimate of drug-likeness (QED) is 0.576. The van der Waals surface area contributed by atoms with Crippen LogP contribution in [0, 0.1) is 0 Å². The van der Waals surface area contributed by atoms with E-state index in [2.05, 4.69) is 26.6 Å². The predicted octanol–water partition coefficient (Wildman–Crippen LogP) is 2.47. The minimum Gasteiger partial charge on any atom is -0.378 e. The molecule has 9 heteroatoms. The molecule has 2 fully saturated rings. The van der Waals surface area contributed by atoms with E-state index in [1.165, 1.54) is 0 Å². The van der Waals surface area contributed by atoms with Crippen LogP contribution in [0.1, 0.15) is 31.6 Å². The largest absolute Gasteiger partial charge is 0.378 e. The van der Waals surface area contributed by atoms with Crippen LogP contribution >= 0.6 is 11.8 Å². The van der Waals surface area contributed by atoms with Gasteiger partial charge in [0, 0.05) is 25.7 Å². The van der Waals surface area contributed by atoms with Crippen LogP contribution in [0.25, 0.3) is 10.9 Å². The highest BCUT2D eigenvalue weighted by molar-refractivity contribution is 7.98. The van der Waals surface area contributed by atoms with E-state index in [4.69, 9.17) is 9.72 Å². The van der Waals surface area contributed by atoms with Crippen molar-refractivity contribution in [2.45, 2.75) is 43.3 Å². The van der Waals surface area contributed by atoms with Gasteiger partial charge < -0.3 is 9.64 Å². The number of anilines is 1. The van der Waals surface area contributed by atoms with Gasteiger partial charge >= 0.3 is 0 Å². The maximum Gasteiger partial charge on any atom is 0.261 e. The van der Waals surface area contributed by atoms with Crippen molar-refractivity contribution in [1.29, 1.82) is 0 Å². The molecule has 1 saturated carbocycles. The van der Waals surface area contributed by atoms with Crippen LogP contribution in [0.5, 0.6) is 0 Å². The molecule has 1 saturated heterocycles. The van der Waals surface area contributed by atoms with E-state index in [0.717, 1.165) is 54.9 Å². The lowest BCUT2D eigenvalue weighted by molar-refractivity contribution is 0.121. The van der Waals surface area contributed by atoms with E-state index in [1.807, 2.05) is 28.8 Å². The molecular weight excluding hydrogens is 388 g/mol. The van der Waals surface area contributed by atoms with Crippen molar-refractivity contribution in [3.8, 4) is 0 Å². The van der Waals surface area contributed by atoms with Gasteiger partial charge in [0.1, 0.15) is 5.82 Å². The summed E-state index contributed by atoms with van der Waals surface area (Å²) in [5.41, 5.74) is 0.829. The summed E-state index contributed by atoms with van der Waals surface area (Å²) in [6.45, 7) is 5.99. The molecule has 1 aromatic carbocycles. The number of aromatic nitrogens is 5. The van der Waals surface area contributed by atoms with E-state index >= 15 is 0 Å². The Morgan fingerprint density at radius 3 is 2.72 bits per heavy atom. The zero-order valence-electron chi connectivity index (χ0n) is 16.5. The lowest BCUT2D eigenvalue weighted by atomic mass is 10.2. The number of para-hydroxylation sites is 1. The summed E-state index contributed by atoms with van der Waals surface area (Å²) in [7, 11) is 0. The van der Waals surface area contributed by atoms with Gasteiger partial charge in [-0.3, -0.25) is 13.9 Å². The molecule has 0 spiro atoms. The molecular formula is C20H24N6O2S. The molecule has 2 aromatic heterocycles. The third-order valence-corrected chi connectivity index (χ3v) is 6.39. The Morgan fingerprint density at radius 1 is 1.17 bits per heavy atom. The molecule has 0 atom stereocenters. The zero-order valence-corrected chi connectivity index (χ0v) is 17.3. The molecule has 0 amide bonds. The Labute approximate surface area is 172 Å². The second-order valence-electron chi connectivity index (χ2n) is 7.37. The van der Waals surface area contributed by atoms with Crippen molar-refractivity contribution >= 4 is 28.6 Å². The maximum absolute atomic E-state index is 13.0. The predicted molar refractivity (Wildman–Crippen MR) is 113 cm³/mol. The Morgan fingerprint density at radius 2 is 1.97 bits per heavy atom. The minimum atomic E-state index is 0.0691. The smallest absolute Gasteiger partial charge is 0.261 e. The van der Waals surface area contributed by atoms with Gasteiger partial charge in [0.05, 0.1) is 29.9 Å². The molecule has 0 radical (unpaired) electrons. The molecule has 1 aliphatic carbocycles. The van der Waals surface area contributed by atoms with Crippen molar-refractivity contribution in [1.82, 2.24) is 24.3 Å². The molecule has 2 aliphatic rings. The second kappa shape index (κ2) is 7.79. The Kier molecular flexibility index (Phi) is 5.01. The van der Waals surface area contributed by atoms with Gasteiger partial charge in [-0.05, 0) is 31.9 Å². The number of hydrogen-bond acceptors (Lipinski definition) is 7. The lowest BCUT2D eigenvalue weighted by Gasteiger charge is -2.27. The number of hydrogen-bond donors (Lipinski definition) is 0. The average molecular weight is 413 g/mol. The number of fused-ring (bicyclic) bond motifs is 1. The summed E-state index contributed by atoms with van der Waals surface area (Å²) in [4.78, 5) is 20.1. The monoisotopic (exact) mass is 412 g/mol. The van der Waals surface area contributed by atoms with Gasteiger partial charge in [-0.25, -0.2) is 4.98 Å². The third-order valence-electron chi connectivity index (χ3n) is 5.43. The summed E-state index contributed by atoms with van der Waals surface area (Å²) in [5.74, 6) is 2.31. The zero-order chi connectivity index (χ0) is 19.8. The first kappa shape index (κ1) is 18.6. The Balaban J connectivity index is 1.44. The van der Waals surface area contributed by atoms with Crippen molar-refractivity contribution in [2.75, 3.05) is 31.2 Å². The maximum atomic E-state index is 13.0. The summed E-state index contributed by atoms with van der Waals surface area (Å²) >= 11 is 1.60. The molecule has 0 N–H and O–H groups in total. The topological polar surface area (TPSA) is 78.1 Å². The van der Waals surface area contributed by atoms with Crippen molar-refractivity contribution < 1.29 is 4.74 Å². The van der Waals surface area contributed by atoms with Gasteiger partial charge in [0.2, 0.25) is 5.95 Å². The molecule has 1 aliphatic heterocycles. The first-order valence-electron chi connectivity index (χ1n) is 10.1. The minimum absolute atomic E-state index is 0.0691. The van der Waals surface area contributed by atoms with E-state index in [0.29, 0.717) is 24.4 Å². The first-order chi connectivity index (χ1) is 14.3. The summed E-state index contributed by atoms with van der Waals surface area (Å²) in [6.07, 6.45) is 2.09. The fraction of sp³-hybridized carbons (Fsp3) is 0.500. The van der Waals surface area contributed by atoms with Crippen molar-refractivity contribution in [2.24, 2.45) is 0 Å². The number of rotatable bonds is 6. The van der Waals surface area contributed by atoms with Crippen LogP contribution in [0.15, 0.2) is 34.2 Å². The molecule has 5 rings (SSSR count). The summed E-state index contributed by atoms with van der Waals surface area (Å²) in [5, 5.41) is 10.4. The molecule has 3 heterocycles. The van der Waals surface area contributed by atoms with Gasteiger partial charge in [-0.1, -0.05) is 23.9 Å². The molecule has 0 bridgehead atoms. The number of nitrogens with zero attached hydrogens (tertiary/aromatic N) is 6. The SMILES string of the molecule is CCn1c(SCc2nc3ccccc3c(=O)n2C2CC2)nnc1N1CCOCC1. The summed E-state index contributed by atoms with van der Waals surface area (Å²) < 4.78 is 9.48. The number of thioether (sulfide) groups is 1. The molecule has 0 unspecified atom stereocenters. The fourth-order valence-electron chi connectivity index (χ4n) is 3.79. The van der Waals surface area contributed by atoms with Crippen LogP contribution in [0.3, 0.4) is 0 Å². The third kappa shape index (κ3) is 3.53. The van der Waals surface area contributed by atoms with Gasteiger partial charge in [-0.15, -0.1) is 10.2 Å². The van der Waals surface area contributed by atoms with Crippen LogP contribution in [0.4, 0.5) is 5.95 Å². The number of benzene rings is 1. The van der Waals surface area contributed by atoms with E-state index < -0.39 is 0 Å². The lowest BCUT2D eigenvalue weighted by Crippen LogP contribution is -2.38. The highest BCUT2D eigenvalue weighted by Gasteiger charge is 2.28. The van der Waals surface area contributed by atoms with Crippen LogP contribution in [0.2, 0.25) is 0 Å². The molecule has 3 aromatic rings. The standard InChI is InChI=1S/C20H24N6O2S/c1-2-25-19(24-9-11-28-12-10-24)22-23-20(25)29-13-17-21-16-6-4-3-5-15(16)18(27)26(17)14-7-8-14/h3-6,14H,2,7-13H2,1H3. The van der Waals surface area contributed by atoms with Crippen LogP contribution in [-0.2, 0) is 17.0 Å². The summed E-state index contributed by atoms with van der Waals surface area (Å²) in [6, 6.07) is 7.88. The van der Waals surface area contributed by atoms with E-state index in [-0.39, 0.29) is 11.6 Å². The van der Waals surface area contributed by atoms with E-state index in [1.54, 1.807) is 11.8 Å². The molecule has 152 valence electrons. The normalized spacial score (nSPS) is 17.2. The second-order valence-corrected chi connectivity index (χ2v) is 8.31. The molecule has 8 nitrogen and oxygen atoms in total. The number of morpholine rings is 1. The highest BCUT2D eigenvalue weighted by atomic mass is 32.2. The molecule has 29 heavy (non-hydrogen) atoms. The van der Waals surface area contributed by atoms with Crippen molar-refractivity contribution in [3.05, 3.63) is 40.4 Å². The van der Waals surface area contributed by atoms with Gasteiger partial charge in [0.15, 0.2) is 5.16 Å². The van der Waals surface area contributed by atoms with Gasteiger partial charge in [0.25, 0.3) is 5.56 Å². The van der Waals surface area contributed by atoms with Crippen LogP contribution < -0.4 is 10.5 Å². The Hall–Kier alpha value is -2.39. The van der Waals surface area contributed by atoms with Gasteiger partial charge in [-0.2, -0.15) is 0 Å². The average Bonchev–Trinajstić information content (AvgIpc) is 3.51. The van der Waals surface area contributed by atoms with E-state index in [9.17, 15) is 4.79 Å². The fourth-order valence-corrected chi connectivity index (χ4v) is 4.72.